The van der Waals surface area contributed by atoms with E-state index in [9.17, 15) is 18.0 Å². The molecule has 2 rings (SSSR count). The number of hydrogen-bond donors (Lipinski definition) is 2. The van der Waals surface area contributed by atoms with E-state index in [1.165, 1.54) is 10.6 Å². The standard InChI is InChI=1S/C16H25N3O5S/c1-2-12-25(22,23)19-10-4-3-6-13(19)15(20)17-8-9-18-16(21)14-7-5-11-24-14/h5,7,11,13H,2-4,6,8-10,12H2,1H3,(H,17,20)(H,18,21). The maximum Gasteiger partial charge on any atom is 0.287 e. The predicted molar refractivity (Wildman–Crippen MR) is 92.5 cm³/mol. The lowest BCUT2D eigenvalue weighted by Crippen LogP contribution is -2.53. The molecule has 25 heavy (non-hydrogen) atoms. The van der Waals surface area contributed by atoms with Gasteiger partial charge in [0, 0.05) is 19.6 Å². The molecule has 0 aromatic carbocycles. The lowest BCUT2D eigenvalue weighted by atomic mass is 10.0. The molecule has 0 radical (unpaired) electrons. The molecule has 1 saturated heterocycles. The fourth-order valence-electron chi connectivity index (χ4n) is 2.85. The molecule has 1 atom stereocenters. The van der Waals surface area contributed by atoms with Gasteiger partial charge in [0.1, 0.15) is 6.04 Å². The van der Waals surface area contributed by atoms with Crippen LogP contribution in [0.15, 0.2) is 22.8 Å². The summed E-state index contributed by atoms with van der Waals surface area (Å²) >= 11 is 0. The summed E-state index contributed by atoms with van der Waals surface area (Å²) in [4.78, 5) is 24.1. The Hall–Kier alpha value is -1.87. The van der Waals surface area contributed by atoms with Crippen LogP contribution in [-0.2, 0) is 14.8 Å². The topological polar surface area (TPSA) is 109 Å². The van der Waals surface area contributed by atoms with E-state index in [1.807, 2.05) is 0 Å². The number of furan rings is 1. The molecule has 1 aromatic heterocycles. The number of carbonyl (C=O) groups is 2. The summed E-state index contributed by atoms with van der Waals surface area (Å²) in [6, 6.07) is 2.50. The third-order valence-corrected chi connectivity index (χ3v) is 6.11. The number of amides is 2. The first kappa shape index (κ1) is 19.5. The van der Waals surface area contributed by atoms with E-state index in [0.29, 0.717) is 19.4 Å². The van der Waals surface area contributed by atoms with Gasteiger partial charge in [0.2, 0.25) is 15.9 Å². The van der Waals surface area contributed by atoms with Gasteiger partial charge in [-0.05, 0) is 31.4 Å². The van der Waals surface area contributed by atoms with Crippen LogP contribution in [-0.4, -0.2) is 56.0 Å². The highest BCUT2D eigenvalue weighted by atomic mass is 32.2. The van der Waals surface area contributed by atoms with Gasteiger partial charge in [0.05, 0.1) is 12.0 Å². The van der Waals surface area contributed by atoms with Crippen LogP contribution in [0.25, 0.3) is 0 Å². The average Bonchev–Trinajstić information content (AvgIpc) is 3.13. The van der Waals surface area contributed by atoms with Crippen molar-refractivity contribution in [2.45, 2.75) is 38.6 Å². The van der Waals surface area contributed by atoms with Crippen LogP contribution in [0.4, 0.5) is 0 Å². The second-order valence-corrected chi connectivity index (χ2v) is 8.00. The van der Waals surface area contributed by atoms with Gasteiger partial charge in [-0.25, -0.2) is 8.42 Å². The number of nitrogens with one attached hydrogen (secondary N) is 2. The first-order chi connectivity index (χ1) is 12.0. The zero-order valence-electron chi connectivity index (χ0n) is 14.4. The van der Waals surface area contributed by atoms with Gasteiger partial charge in [-0.2, -0.15) is 4.31 Å². The van der Waals surface area contributed by atoms with Gasteiger partial charge < -0.3 is 15.1 Å². The smallest absolute Gasteiger partial charge is 0.287 e. The molecule has 0 aliphatic carbocycles. The molecule has 0 spiro atoms. The number of sulfonamides is 1. The Morgan fingerprint density at radius 2 is 2.04 bits per heavy atom. The Bertz CT molecular complexity index is 672. The van der Waals surface area contributed by atoms with Gasteiger partial charge in [-0.3, -0.25) is 9.59 Å². The Kier molecular flexibility index (Phi) is 7.01. The summed E-state index contributed by atoms with van der Waals surface area (Å²) in [5.41, 5.74) is 0. The van der Waals surface area contributed by atoms with Gasteiger partial charge >= 0.3 is 0 Å². The third-order valence-electron chi connectivity index (χ3n) is 4.03. The van der Waals surface area contributed by atoms with E-state index >= 15 is 0 Å². The normalized spacial score (nSPS) is 18.7. The van der Waals surface area contributed by atoms with Gasteiger partial charge in [-0.1, -0.05) is 13.3 Å². The Balaban J connectivity index is 1.83. The number of hydrogen-bond acceptors (Lipinski definition) is 5. The molecule has 1 fully saturated rings. The summed E-state index contributed by atoms with van der Waals surface area (Å²) in [5, 5.41) is 5.33. The summed E-state index contributed by atoms with van der Waals surface area (Å²) in [6.45, 7) is 2.65. The van der Waals surface area contributed by atoms with Crippen molar-refractivity contribution < 1.29 is 22.4 Å². The molecule has 1 aromatic rings. The maximum absolute atomic E-state index is 12.4. The predicted octanol–water partition coefficient (Wildman–Crippen LogP) is 0.720. The van der Waals surface area contributed by atoms with Crippen LogP contribution in [0.1, 0.15) is 43.2 Å². The van der Waals surface area contributed by atoms with Gasteiger partial charge in [-0.15, -0.1) is 0 Å². The second-order valence-electron chi connectivity index (χ2n) is 5.96. The molecular formula is C16H25N3O5S. The highest BCUT2D eigenvalue weighted by Gasteiger charge is 2.35. The van der Waals surface area contributed by atoms with Crippen molar-refractivity contribution >= 4 is 21.8 Å². The van der Waals surface area contributed by atoms with E-state index in [4.69, 9.17) is 4.42 Å². The molecule has 140 valence electrons. The summed E-state index contributed by atoms with van der Waals surface area (Å²) in [5.74, 6) is -0.415. The number of rotatable bonds is 8. The Morgan fingerprint density at radius 1 is 1.28 bits per heavy atom. The van der Waals surface area contributed by atoms with Crippen LogP contribution < -0.4 is 10.6 Å². The molecular weight excluding hydrogens is 346 g/mol. The van der Waals surface area contributed by atoms with Crippen LogP contribution in [0.3, 0.4) is 0 Å². The van der Waals surface area contributed by atoms with E-state index in [1.54, 1.807) is 19.1 Å². The van der Waals surface area contributed by atoms with Crippen LogP contribution >= 0.6 is 0 Å². The number of piperidine rings is 1. The highest BCUT2D eigenvalue weighted by Crippen LogP contribution is 2.21. The number of carbonyl (C=O) groups excluding carboxylic acids is 2. The van der Waals surface area contributed by atoms with Crippen molar-refractivity contribution in [2.24, 2.45) is 0 Å². The fourth-order valence-corrected chi connectivity index (χ4v) is 4.60. The minimum atomic E-state index is -3.41. The molecule has 2 amide bonds. The van der Waals surface area contributed by atoms with E-state index in [-0.39, 0.29) is 36.4 Å². The Labute approximate surface area is 148 Å². The first-order valence-corrected chi connectivity index (χ1v) is 10.2. The maximum atomic E-state index is 12.4. The van der Waals surface area contributed by atoms with E-state index in [0.717, 1.165) is 12.8 Å². The number of nitrogens with zero attached hydrogens (tertiary/aromatic N) is 1. The summed E-state index contributed by atoms with van der Waals surface area (Å²) in [6.07, 6.45) is 4.04. The Morgan fingerprint density at radius 3 is 2.72 bits per heavy atom. The van der Waals surface area contributed by atoms with Crippen molar-refractivity contribution in [1.82, 2.24) is 14.9 Å². The van der Waals surface area contributed by atoms with Crippen LogP contribution in [0.5, 0.6) is 0 Å². The quantitative estimate of drug-likeness (QED) is 0.655. The second kappa shape index (κ2) is 9.00. The van der Waals surface area contributed by atoms with Crippen molar-refractivity contribution in [3.63, 3.8) is 0 Å². The highest BCUT2D eigenvalue weighted by molar-refractivity contribution is 7.89. The molecule has 1 aliphatic rings. The monoisotopic (exact) mass is 371 g/mol. The fraction of sp³-hybridized carbons (Fsp3) is 0.625. The van der Waals surface area contributed by atoms with Crippen molar-refractivity contribution in [3.05, 3.63) is 24.2 Å². The summed E-state index contributed by atoms with van der Waals surface area (Å²) < 4.78 is 31.0. The van der Waals surface area contributed by atoms with Crippen LogP contribution in [0.2, 0.25) is 0 Å². The van der Waals surface area contributed by atoms with Crippen LogP contribution in [0, 0.1) is 0 Å². The van der Waals surface area contributed by atoms with E-state index < -0.39 is 16.1 Å². The van der Waals surface area contributed by atoms with Gasteiger partial charge in [0.25, 0.3) is 5.91 Å². The molecule has 0 saturated carbocycles. The largest absolute Gasteiger partial charge is 0.459 e. The van der Waals surface area contributed by atoms with Crippen molar-refractivity contribution in [3.8, 4) is 0 Å². The molecule has 8 nitrogen and oxygen atoms in total. The molecule has 9 heteroatoms. The zero-order valence-corrected chi connectivity index (χ0v) is 15.2. The molecule has 2 N–H and O–H groups in total. The molecule has 0 bridgehead atoms. The van der Waals surface area contributed by atoms with Crippen molar-refractivity contribution in [2.75, 3.05) is 25.4 Å². The lowest BCUT2D eigenvalue weighted by molar-refractivity contribution is -0.125. The third kappa shape index (κ3) is 5.30. The minimum Gasteiger partial charge on any atom is -0.459 e. The average molecular weight is 371 g/mol. The summed E-state index contributed by atoms with van der Waals surface area (Å²) in [7, 11) is -3.41. The minimum absolute atomic E-state index is 0.0516. The zero-order chi connectivity index (χ0) is 18.3. The van der Waals surface area contributed by atoms with Crippen molar-refractivity contribution in [1.29, 1.82) is 0 Å². The molecule has 1 aliphatic heterocycles. The SMILES string of the molecule is CCCS(=O)(=O)N1CCCCC1C(=O)NCCNC(=O)c1ccco1. The first-order valence-electron chi connectivity index (χ1n) is 8.54. The molecule has 1 unspecified atom stereocenters. The van der Waals surface area contributed by atoms with Gasteiger partial charge in [0.15, 0.2) is 5.76 Å². The van der Waals surface area contributed by atoms with E-state index in [2.05, 4.69) is 10.6 Å². The lowest BCUT2D eigenvalue weighted by Gasteiger charge is -2.33. The molecule has 2 heterocycles.